The summed E-state index contributed by atoms with van der Waals surface area (Å²) in [7, 11) is 0. The fraction of sp³-hybridized carbons (Fsp3) is 0.538. The number of amides is 2. The van der Waals surface area contributed by atoms with Gasteiger partial charge >= 0.3 is 0 Å². The zero-order valence-electron chi connectivity index (χ0n) is 11.9. The molecule has 0 aromatic carbocycles. The van der Waals surface area contributed by atoms with Gasteiger partial charge in [0.15, 0.2) is 0 Å². The summed E-state index contributed by atoms with van der Waals surface area (Å²) in [4.78, 5) is 25.9. The number of carbonyl (C=O) groups is 2. The number of primary amides is 1. The second-order valence-electron chi connectivity index (χ2n) is 4.97. The van der Waals surface area contributed by atoms with Crippen LogP contribution in [-0.2, 0) is 0 Å². The van der Waals surface area contributed by atoms with Crippen LogP contribution in [0, 0.1) is 0 Å². The van der Waals surface area contributed by atoms with Crippen molar-refractivity contribution in [2.45, 2.75) is 25.9 Å². The monoisotopic (exact) mass is 312 g/mol. The smallest absolute Gasteiger partial charge is 0.263 e. The van der Waals surface area contributed by atoms with Crippen LogP contribution >= 0.6 is 11.3 Å². The van der Waals surface area contributed by atoms with Gasteiger partial charge in [-0.2, -0.15) is 0 Å². The van der Waals surface area contributed by atoms with Gasteiger partial charge in [0.1, 0.15) is 9.88 Å². The SMILES string of the molecule is CCNC(=O)c1sc(N2CCC(O)CC2)c(C(N)=O)c1N. The first-order valence-electron chi connectivity index (χ1n) is 6.89. The molecule has 6 N–H and O–H groups in total. The molecular weight excluding hydrogens is 292 g/mol. The highest BCUT2D eigenvalue weighted by molar-refractivity contribution is 7.19. The molecule has 8 heteroatoms. The van der Waals surface area contributed by atoms with E-state index in [1.54, 1.807) is 0 Å². The highest BCUT2D eigenvalue weighted by atomic mass is 32.1. The lowest BCUT2D eigenvalue weighted by Crippen LogP contribution is -2.36. The number of hydrogen-bond acceptors (Lipinski definition) is 6. The lowest BCUT2D eigenvalue weighted by Gasteiger charge is -2.30. The first-order valence-corrected chi connectivity index (χ1v) is 7.70. The Morgan fingerprint density at radius 3 is 2.57 bits per heavy atom. The van der Waals surface area contributed by atoms with Gasteiger partial charge < -0.3 is 26.8 Å². The molecule has 0 spiro atoms. The van der Waals surface area contributed by atoms with Crippen molar-refractivity contribution in [2.24, 2.45) is 5.73 Å². The molecule has 1 aliphatic rings. The van der Waals surface area contributed by atoms with Crippen LogP contribution in [0.15, 0.2) is 0 Å². The Morgan fingerprint density at radius 2 is 2.05 bits per heavy atom. The molecule has 1 saturated heterocycles. The molecule has 1 aromatic heterocycles. The number of nitrogens with one attached hydrogen (secondary N) is 1. The Labute approximate surface area is 126 Å². The molecule has 0 saturated carbocycles. The van der Waals surface area contributed by atoms with Gasteiger partial charge in [-0.25, -0.2) is 0 Å². The highest BCUT2D eigenvalue weighted by Crippen LogP contribution is 2.39. The van der Waals surface area contributed by atoms with Crippen LogP contribution in [0.5, 0.6) is 0 Å². The van der Waals surface area contributed by atoms with Crippen molar-refractivity contribution in [3.8, 4) is 0 Å². The van der Waals surface area contributed by atoms with E-state index in [9.17, 15) is 14.7 Å². The van der Waals surface area contributed by atoms with Crippen LogP contribution in [0.25, 0.3) is 0 Å². The summed E-state index contributed by atoms with van der Waals surface area (Å²) in [5, 5.41) is 12.9. The fourth-order valence-corrected chi connectivity index (χ4v) is 3.57. The number of carbonyl (C=O) groups excluding carboxylic acids is 2. The average molecular weight is 312 g/mol. The largest absolute Gasteiger partial charge is 0.397 e. The molecule has 0 radical (unpaired) electrons. The zero-order valence-corrected chi connectivity index (χ0v) is 12.7. The molecule has 0 atom stereocenters. The van der Waals surface area contributed by atoms with Gasteiger partial charge in [-0.05, 0) is 19.8 Å². The molecule has 1 aromatic rings. The molecule has 0 unspecified atom stereocenters. The topological polar surface area (TPSA) is 122 Å². The quantitative estimate of drug-likeness (QED) is 0.630. The van der Waals surface area contributed by atoms with E-state index < -0.39 is 5.91 Å². The van der Waals surface area contributed by atoms with Gasteiger partial charge in [0.25, 0.3) is 11.8 Å². The summed E-state index contributed by atoms with van der Waals surface area (Å²) < 4.78 is 0. The molecule has 1 aliphatic heterocycles. The fourth-order valence-electron chi connectivity index (χ4n) is 2.37. The Kier molecular flexibility index (Phi) is 4.69. The second-order valence-corrected chi connectivity index (χ2v) is 5.97. The predicted molar refractivity (Wildman–Crippen MR) is 82.7 cm³/mol. The number of nitrogens with two attached hydrogens (primary N) is 2. The van der Waals surface area contributed by atoms with Gasteiger partial charge in [0, 0.05) is 19.6 Å². The van der Waals surface area contributed by atoms with Crippen molar-refractivity contribution in [3.05, 3.63) is 10.4 Å². The lowest BCUT2D eigenvalue weighted by atomic mass is 10.1. The molecule has 2 rings (SSSR count). The molecule has 21 heavy (non-hydrogen) atoms. The number of aliphatic hydroxyl groups is 1. The lowest BCUT2D eigenvalue weighted by molar-refractivity contribution is 0.0960. The van der Waals surface area contributed by atoms with Gasteiger partial charge in [-0.15, -0.1) is 11.3 Å². The van der Waals surface area contributed by atoms with E-state index in [-0.39, 0.29) is 23.3 Å². The van der Waals surface area contributed by atoms with E-state index in [1.165, 1.54) is 11.3 Å². The summed E-state index contributed by atoms with van der Waals surface area (Å²) in [6.45, 7) is 3.50. The number of piperidine rings is 1. The van der Waals surface area contributed by atoms with E-state index in [0.717, 1.165) is 0 Å². The summed E-state index contributed by atoms with van der Waals surface area (Å²) in [6, 6.07) is 0. The number of nitrogen functional groups attached to an aromatic ring is 1. The highest BCUT2D eigenvalue weighted by Gasteiger charge is 2.28. The Balaban J connectivity index is 2.38. The predicted octanol–water partition coefficient (Wildman–Crippen LogP) is 0.140. The summed E-state index contributed by atoms with van der Waals surface area (Å²) in [5.74, 6) is -0.939. The Hall–Kier alpha value is -1.80. The van der Waals surface area contributed by atoms with Crippen molar-refractivity contribution < 1.29 is 14.7 Å². The van der Waals surface area contributed by atoms with Crippen molar-refractivity contribution in [2.75, 3.05) is 30.3 Å². The summed E-state index contributed by atoms with van der Waals surface area (Å²) in [6.07, 6.45) is 0.914. The molecule has 0 bridgehead atoms. The van der Waals surface area contributed by atoms with Crippen molar-refractivity contribution >= 4 is 33.8 Å². The number of hydrogen-bond donors (Lipinski definition) is 4. The van der Waals surface area contributed by atoms with E-state index >= 15 is 0 Å². The normalized spacial score (nSPS) is 16.0. The van der Waals surface area contributed by atoms with Crippen LogP contribution in [0.1, 0.15) is 39.8 Å². The molecular formula is C13H20N4O3S. The van der Waals surface area contributed by atoms with E-state index in [2.05, 4.69) is 5.32 Å². The van der Waals surface area contributed by atoms with Crippen LogP contribution in [0.4, 0.5) is 10.7 Å². The molecule has 7 nitrogen and oxygen atoms in total. The first kappa shape index (κ1) is 15.6. The second kappa shape index (κ2) is 6.31. The Morgan fingerprint density at radius 1 is 1.43 bits per heavy atom. The molecule has 116 valence electrons. The van der Waals surface area contributed by atoms with E-state index in [4.69, 9.17) is 11.5 Å². The molecule has 0 aliphatic carbocycles. The number of anilines is 2. The maximum Gasteiger partial charge on any atom is 0.263 e. The number of aliphatic hydroxyl groups excluding tert-OH is 1. The average Bonchev–Trinajstić information content (AvgIpc) is 2.77. The van der Waals surface area contributed by atoms with Gasteiger partial charge in [-0.1, -0.05) is 0 Å². The third-order valence-electron chi connectivity index (χ3n) is 3.47. The van der Waals surface area contributed by atoms with Crippen molar-refractivity contribution in [1.29, 1.82) is 0 Å². The third kappa shape index (κ3) is 3.11. The minimum absolute atomic E-state index is 0.138. The number of nitrogens with zero attached hydrogens (tertiary/aromatic N) is 1. The molecule has 2 amide bonds. The van der Waals surface area contributed by atoms with Crippen LogP contribution in [-0.4, -0.2) is 42.7 Å². The minimum Gasteiger partial charge on any atom is -0.397 e. The molecule has 2 heterocycles. The van der Waals surface area contributed by atoms with Gasteiger partial charge in [-0.3, -0.25) is 9.59 Å². The summed E-state index contributed by atoms with van der Waals surface area (Å²) >= 11 is 1.18. The van der Waals surface area contributed by atoms with Crippen LogP contribution < -0.4 is 21.7 Å². The van der Waals surface area contributed by atoms with Crippen LogP contribution in [0.3, 0.4) is 0 Å². The first-order chi connectivity index (χ1) is 9.95. The van der Waals surface area contributed by atoms with Gasteiger partial charge in [0.2, 0.25) is 0 Å². The Bertz CT molecular complexity index is 550. The standard InChI is InChI=1S/C13H20N4O3S/c1-2-16-12(20)10-9(14)8(11(15)19)13(21-10)17-5-3-7(18)4-6-17/h7,18H,2-6,14H2,1H3,(H2,15,19)(H,16,20). The number of thiophene rings is 1. The van der Waals surface area contributed by atoms with Crippen LogP contribution in [0.2, 0.25) is 0 Å². The number of rotatable bonds is 4. The van der Waals surface area contributed by atoms with Crippen molar-refractivity contribution in [3.63, 3.8) is 0 Å². The third-order valence-corrected chi connectivity index (χ3v) is 4.73. The van der Waals surface area contributed by atoms with E-state index in [1.807, 2.05) is 11.8 Å². The minimum atomic E-state index is -0.638. The zero-order chi connectivity index (χ0) is 15.6. The van der Waals surface area contributed by atoms with Gasteiger partial charge in [0.05, 0.1) is 17.4 Å². The van der Waals surface area contributed by atoms with E-state index in [0.29, 0.717) is 42.4 Å². The molecule has 1 fully saturated rings. The van der Waals surface area contributed by atoms with Crippen molar-refractivity contribution in [1.82, 2.24) is 5.32 Å². The summed E-state index contributed by atoms with van der Waals surface area (Å²) in [5.41, 5.74) is 11.7. The maximum atomic E-state index is 12.0. The maximum absolute atomic E-state index is 12.0.